The molecule has 0 saturated heterocycles. The third-order valence-electron chi connectivity index (χ3n) is 2.85. The highest BCUT2D eigenvalue weighted by atomic mass is 79.9. The van der Waals surface area contributed by atoms with Gasteiger partial charge in [-0.3, -0.25) is 4.68 Å². The van der Waals surface area contributed by atoms with Crippen molar-refractivity contribution in [2.45, 2.75) is 5.33 Å². The molecule has 3 rings (SSSR count). The van der Waals surface area contributed by atoms with Gasteiger partial charge in [0.2, 0.25) is 0 Å². The van der Waals surface area contributed by atoms with Crippen LogP contribution in [-0.4, -0.2) is 14.8 Å². The lowest BCUT2D eigenvalue weighted by molar-refractivity contribution is 0.799. The fraction of sp³-hybridized carbons (Fsp3) is 0.167. The first-order valence-electron chi connectivity index (χ1n) is 5.16. The Bertz CT molecular complexity index is 718. The number of hydrogen-bond donors (Lipinski definition) is 0. The zero-order chi connectivity index (χ0) is 12.0. The van der Waals surface area contributed by atoms with Crippen LogP contribution in [0.25, 0.3) is 21.8 Å². The summed E-state index contributed by atoms with van der Waals surface area (Å²) in [5.74, 6) is 0. The second kappa shape index (κ2) is 4.07. The Hall–Kier alpha value is -0.940. The summed E-state index contributed by atoms with van der Waals surface area (Å²) in [5.41, 5.74) is 3.33. The Balaban J connectivity index is 2.51. The van der Waals surface area contributed by atoms with E-state index >= 15 is 0 Å². The number of alkyl halides is 1. The third-order valence-corrected chi connectivity index (χ3v) is 4.10. The van der Waals surface area contributed by atoms with Crippen LogP contribution in [0.1, 0.15) is 5.56 Å². The van der Waals surface area contributed by atoms with Crippen molar-refractivity contribution >= 4 is 53.7 Å². The summed E-state index contributed by atoms with van der Waals surface area (Å²) in [6.45, 7) is 0. The van der Waals surface area contributed by atoms with Crippen LogP contribution in [0, 0.1) is 0 Å². The van der Waals surface area contributed by atoms with E-state index in [2.05, 4.69) is 60.1 Å². The summed E-state index contributed by atoms with van der Waals surface area (Å²) in [7, 11) is 1.95. The predicted molar refractivity (Wildman–Crippen MR) is 76.3 cm³/mol. The molecule has 0 atom stereocenters. The molecular weight excluding hydrogens is 346 g/mol. The molecule has 0 saturated carbocycles. The molecule has 3 aromatic rings. The molecule has 0 radical (unpaired) electrons. The average Bonchev–Trinajstić information content (AvgIpc) is 2.72. The molecule has 2 heterocycles. The molecule has 86 valence electrons. The Morgan fingerprint density at radius 2 is 2.12 bits per heavy atom. The molecule has 3 nitrogen and oxygen atoms in total. The van der Waals surface area contributed by atoms with E-state index < -0.39 is 0 Å². The van der Waals surface area contributed by atoms with E-state index in [4.69, 9.17) is 0 Å². The normalized spacial score (nSPS) is 11.5. The molecule has 0 fully saturated rings. The van der Waals surface area contributed by atoms with Crippen molar-refractivity contribution < 1.29 is 0 Å². The number of aryl methyl sites for hydroxylation is 1. The minimum Gasteiger partial charge on any atom is -0.267 e. The van der Waals surface area contributed by atoms with Crippen molar-refractivity contribution in [1.82, 2.24) is 14.8 Å². The van der Waals surface area contributed by atoms with E-state index in [9.17, 15) is 0 Å². The molecule has 0 unspecified atom stereocenters. The zero-order valence-electron chi connectivity index (χ0n) is 9.11. The fourth-order valence-corrected chi connectivity index (χ4v) is 2.86. The summed E-state index contributed by atoms with van der Waals surface area (Å²) in [5, 5.41) is 7.31. The van der Waals surface area contributed by atoms with Gasteiger partial charge in [0.05, 0.1) is 22.6 Å². The van der Waals surface area contributed by atoms with Crippen LogP contribution in [0.3, 0.4) is 0 Å². The van der Waals surface area contributed by atoms with Crippen molar-refractivity contribution in [3.8, 4) is 0 Å². The Kier molecular flexibility index (Phi) is 2.67. The van der Waals surface area contributed by atoms with Gasteiger partial charge >= 0.3 is 0 Å². The molecule has 5 heteroatoms. The topological polar surface area (TPSA) is 30.7 Å². The van der Waals surface area contributed by atoms with Gasteiger partial charge in [-0.25, -0.2) is 4.98 Å². The van der Waals surface area contributed by atoms with Gasteiger partial charge in [-0.2, -0.15) is 5.10 Å². The van der Waals surface area contributed by atoms with Gasteiger partial charge in [0.25, 0.3) is 0 Å². The van der Waals surface area contributed by atoms with Gasteiger partial charge < -0.3 is 0 Å². The van der Waals surface area contributed by atoms with Crippen LogP contribution in [0.4, 0.5) is 0 Å². The maximum Gasteiger partial charge on any atom is 0.117 e. The summed E-state index contributed by atoms with van der Waals surface area (Å²) in [4.78, 5) is 4.57. The van der Waals surface area contributed by atoms with Crippen molar-refractivity contribution in [2.75, 3.05) is 0 Å². The molecular formula is C12H9Br2N3. The Labute approximate surface area is 115 Å². The first-order valence-corrected chi connectivity index (χ1v) is 7.08. The van der Waals surface area contributed by atoms with Gasteiger partial charge in [0, 0.05) is 17.8 Å². The number of rotatable bonds is 1. The van der Waals surface area contributed by atoms with Crippen LogP contribution in [-0.2, 0) is 12.4 Å². The van der Waals surface area contributed by atoms with E-state index in [1.807, 2.05) is 17.9 Å². The first-order chi connectivity index (χ1) is 8.20. The van der Waals surface area contributed by atoms with Gasteiger partial charge in [-0.05, 0) is 27.6 Å². The van der Waals surface area contributed by atoms with Crippen LogP contribution in [0.15, 0.2) is 29.0 Å². The smallest absolute Gasteiger partial charge is 0.117 e. The largest absolute Gasteiger partial charge is 0.267 e. The molecule has 0 bridgehead atoms. The quantitative estimate of drug-likeness (QED) is 0.491. The summed E-state index contributed by atoms with van der Waals surface area (Å²) in [6.07, 6.45) is 1.84. The van der Waals surface area contributed by atoms with Crippen molar-refractivity contribution in [3.05, 3.63) is 34.6 Å². The van der Waals surface area contributed by atoms with Gasteiger partial charge in [0.15, 0.2) is 0 Å². The predicted octanol–water partition coefficient (Wildman–Crippen LogP) is 3.78. The first kappa shape index (κ1) is 11.2. The van der Waals surface area contributed by atoms with Crippen LogP contribution < -0.4 is 0 Å². The monoisotopic (exact) mass is 353 g/mol. The molecule has 0 aliphatic rings. The maximum absolute atomic E-state index is 4.57. The summed E-state index contributed by atoms with van der Waals surface area (Å²) < 4.78 is 2.73. The maximum atomic E-state index is 4.57. The van der Waals surface area contributed by atoms with Crippen LogP contribution in [0.5, 0.6) is 0 Å². The standard InChI is InChI=1S/C12H9Br2N3/c1-17-11-8-3-2-7(5-13)4-10(8)16-12(14)9(11)6-15-17/h2-4,6H,5H2,1H3. The molecule has 0 N–H and O–H groups in total. The van der Waals surface area contributed by atoms with E-state index in [0.717, 1.165) is 31.7 Å². The number of nitrogens with zero attached hydrogens (tertiary/aromatic N) is 3. The van der Waals surface area contributed by atoms with Gasteiger partial charge in [0.1, 0.15) is 4.60 Å². The lowest BCUT2D eigenvalue weighted by Gasteiger charge is -2.04. The lowest BCUT2D eigenvalue weighted by Crippen LogP contribution is -1.92. The van der Waals surface area contributed by atoms with Crippen molar-refractivity contribution in [2.24, 2.45) is 7.05 Å². The molecule has 0 aliphatic heterocycles. The molecule has 0 spiro atoms. The van der Waals surface area contributed by atoms with E-state index in [1.54, 1.807) is 0 Å². The number of benzene rings is 1. The van der Waals surface area contributed by atoms with Crippen molar-refractivity contribution in [3.63, 3.8) is 0 Å². The molecule has 0 aliphatic carbocycles. The van der Waals surface area contributed by atoms with Gasteiger partial charge in [-0.15, -0.1) is 0 Å². The van der Waals surface area contributed by atoms with Crippen molar-refractivity contribution in [1.29, 1.82) is 0 Å². The minimum atomic E-state index is 0.839. The van der Waals surface area contributed by atoms with Gasteiger partial charge in [-0.1, -0.05) is 28.1 Å². The molecule has 0 amide bonds. The number of aromatic nitrogens is 3. The van der Waals surface area contributed by atoms with Crippen LogP contribution in [0.2, 0.25) is 0 Å². The van der Waals surface area contributed by atoms with E-state index in [1.165, 1.54) is 5.56 Å². The third kappa shape index (κ3) is 1.68. The van der Waals surface area contributed by atoms with Crippen LogP contribution >= 0.6 is 31.9 Å². The fourth-order valence-electron chi connectivity index (χ4n) is 2.03. The average molecular weight is 355 g/mol. The van der Waals surface area contributed by atoms with E-state index in [0.29, 0.717) is 0 Å². The highest BCUT2D eigenvalue weighted by Gasteiger charge is 2.10. The molecule has 17 heavy (non-hydrogen) atoms. The lowest BCUT2D eigenvalue weighted by atomic mass is 10.1. The minimum absolute atomic E-state index is 0.839. The second-order valence-electron chi connectivity index (χ2n) is 3.92. The summed E-state index contributed by atoms with van der Waals surface area (Å²) in [6, 6.07) is 6.32. The summed E-state index contributed by atoms with van der Waals surface area (Å²) >= 11 is 6.96. The highest BCUT2D eigenvalue weighted by Crippen LogP contribution is 2.29. The number of fused-ring (bicyclic) bond motifs is 3. The van der Waals surface area contributed by atoms with E-state index in [-0.39, 0.29) is 0 Å². The number of halogens is 2. The zero-order valence-corrected chi connectivity index (χ0v) is 12.3. The second-order valence-corrected chi connectivity index (χ2v) is 5.23. The number of hydrogen-bond acceptors (Lipinski definition) is 2. The molecule has 1 aromatic carbocycles. The molecule has 2 aromatic heterocycles. The Morgan fingerprint density at radius 1 is 1.29 bits per heavy atom. The SMILES string of the molecule is Cn1ncc2c(Br)nc3cc(CBr)ccc3c21. The number of pyridine rings is 1. The Morgan fingerprint density at radius 3 is 2.88 bits per heavy atom. The highest BCUT2D eigenvalue weighted by molar-refractivity contribution is 9.10.